The highest BCUT2D eigenvalue weighted by molar-refractivity contribution is 5.34. The highest BCUT2D eigenvalue weighted by Crippen LogP contribution is 2.33. The standard InChI is InChI=1S/C19H23NO/c20-19(15-7-3-1-4-8-15)16-11-13-18(14-12-16)21-17-9-5-2-6-10-17/h2,5-6,9-15,19H,1,3-4,7-8,20H2/t19-/m1/s1. The minimum atomic E-state index is 0.163. The highest BCUT2D eigenvalue weighted by atomic mass is 16.5. The molecule has 110 valence electrons. The molecule has 3 rings (SSSR count). The molecule has 2 heteroatoms. The minimum absolute atomic E-state index is 0.163. The van der Waals surface area contributed by atoms with Gasteiger partial charge in [-0.1, -0.05) is 49.6 Å². The Kier molecular flexibility index (Phi) is 4.56. The fourth-order valence-electron chi connectivity index (χ4n) is 3.15. The Balaban J connectivity index is 1.66. The van der Waals surface area contributed by atoms with Gasteiger partial charge in [0.25, 0.3) is 0 Å². The Morgan fingerprint density at radius 1 is 0.810 bits per heavy atom. The number of para-hydroxylation sites is 1. The van der Waals surface area contributed by atoms with E-state index in [1.54, 1.807) is 0 Å². The number of ether oxygens (including phenoxy) is 1. The van der Waals surface area contributed by atoms with Crippen LogP contribution in [-0.2, 0) is 0 Å². The van der Waals surface area contributed by atoms with Crippen molar-refractivity contribution in [2.45, 2.75) is 38.1 Å². The number of hydrogen-bond donors (Lipinski definition) is 1. The summed E-state index contributed by atoms with van der Waals surface area (Å²) in [6.07, 6.45) is 6.56. The second kappa shape index (κ2) is 6.77. The third kappa shape index (κ3) is 3.64. The number of rotatable bonds is 4. The predicted octanol–water partition coefficient (Wildman–Crippen LogP) is 5.06. The zero-order chi connectivity index (χ0) is 14.5. The van der Waals surface area contributed by atoms with Crippen LogP contribution >= 0.6 is 0 Å². The van der Waals surface area contributed by atoms with Crippen molar-refractivity contribution in [3.63, 3.8) is 0 Å². The van der Waals surface area contributed by atoms with Gasteiger partial charge in [-0.2, -0.15) is 0 Å². The summed E-state index contributed by atoms with van der Waals surface area (Å²) in [5.41, 5.74) is 7.66. The van der Waals surface area contributed by atoms with Crippen LogP contribution in [0.1, 0.15) is 43.7 Å². The normalized spacial score (nSPS) is 17.4. The monoisotopic (exact) mass is 281 g/mol. The molecule has 1 atom stereocenters. The molecule has 0 bridgehead atoms. The number of nitrogens with two attached hydrogens (primary N) is 1. The van der Waals surface area contributed by atoms with Crippen molar-refractivity contribution in [3.8, 4) is 11.5 Å². The molecule has 1 aliphatic carbocycles. The van der Waals surface area contributed by atoms with Gasteiger partial charge in [-0.15, -0.1) is 0 Å². The average Bonchev–Trinajstić information content (AvgIpc) is 2.57. The molecule has 0 heterocycles. The van der Waals surface area contributed by atoms with Gasteiger partial charge in [0, 0.05) is 6.04 Å². The summed E-state index contributed by atoms with van der Waals surface area (Å²) >= 11 is 0. The van der Waals surface area contributed by atoms with Crippen LogP contribution < -0.4 is 10.5 Å². The van der Waals surface area contributed by atoms with Gasteiger partial charge in [-0.25, -0.2) is 0 Å². The first-order valence-electron chi connectivity index (χ1n) is 7.91. The molecular weight excluding hydrogens is 258 g/mol. The van der Waals surface area contributed by atoms with E-state index in [2.05, 4.69) is 12.1 Å². The smallest absolute Gasteiger partial charge is 0.127 e. The molecule has 1 saturated carbocycles. The lowest BCUT2D eigenvalue weighted by Crippen LogP contribution is -2.23. The quantitative estimate of drug-likeness (QED) is 0.850. The molecule has 2 aromatic rings. The Hall–Kier alpha value is -1.80. The molecule has 0 radical (unpaired) electrons. The summed E-state index contributed by atoms with van der Waals surface area (Å²) in [5.74, 6) is 2.36. The van der Waals surface area contributed by atoms with E-state index in [0.29, 0.717) is 5.92 Å². The van der Waals surface area contributed by atoms with Crippen molar-refractivity contribution in [1.82, 2.24) is 0 Å². The Morgan fingerprint density at radius 2 is 1.43 bits per heavy atom. The first-order valence-corrected chi connectivity index (χ1v) is 7.91. The first kappa shape index (κ1) is 14.2. The highest BCUT2D eigenvalue weighted by Gasteiger charge is 2.21. The fraction of sp³-hybridized carbons (Fsp3) is 0.368. The molecule has 0 saturated heterocycles. The van der Waals surface area contributed by atoms with E-state index in [1.165, 1.54) is 37.7 Å². The molecule has 2 nitrogen and oxygen atoms in total. The van der Waals surface area contributed by atoms with Gasteiger partial charge in [-0.05, 0) is 48.6 Å². The molecule has 0 spiro atoms. The summed E-state index contributed by atoms with van der Waals surface area (Å²) in [6.45, 7) is 0. The summed E-state index contributed by atoms with van der Waals surface area (Å²) < 4.78 is 5.82. The maximum atomic E-state index is 6.43. The van der Waals surface area contributed by atoms with Crippen LogP contribution in [-0.4, -0.2) is 0 Å². The topological polar surface area (TPSA) is 35.2 Å². The Morgan fingerprint density at radius 3 is 2.10 bits per heavy atom. The van der Waals surface area contributed by atoms with E-state index >= 15 is 0 Å². The van der Waals surface area contributed by atoms with E-state index in [4.69, 9.17) is 10.5 Å². The maximum Gasteiger partial charge on any atom is 0.127 e. The van der Waals surface area contributed by atoms with Gasteiger partial charge >= 0.3 is 0 Å². The number of benzene rings is 2. The molecule has 0 unspecified atom stereocenters. The summed E-state index contributed by atoms with van der Waals surface area (Å²) in [7, 11) is 0. The summed E-state index contributed by atoms with van der Waals surface area (Å²) in [5, 5.41) is 0. The molecule has 1 aliphatic rings. The molecule has 0 aliphatic heterocycles. The van der Waals surface area contributed by atoms with Crippen LogP contribution in [0.15, 0.2) is 54.6 Å². The molecule has 0 amide bonds. The van der Waals surface area contributed by atoms with Gasteiger partial charge < -0.3 is 10.5 Å². The van der Waals surface area contributed by atoms with Gasteiger partial charge in [0.05, 0.1) is 0 Å². The fourth-order valence-corrected chi connectivity index (χ4v) is 3.15. The van der Waals surface area contributed by atoms with Crippen LogP contribution in [0.2, 0.25) is 0 Å². The van der Waals surface area contributed by atoms with Crippen LogP contribution in [0.5, 0.6) is 11.5 Å². The zero-order valence-electron chi connectivity index (χ0n) is 12.4. The van der Waals surface area contributed by atoms with E-state index in [1.807, 2.05) is 42.5 Å². The van der Waals surface area contributed by atoms with Crippen molar-refractivity contribution in [1.29, 1.82) is 0 Å². The van der Waals surface area contributed by atoms with E-state index < -0.39 is 0 Å². The lowest BCUT2D eigenvalue weighted by atomic mass is 9.81. The van der Waals surface area contributed by atoms with Crippen LogP contribution in [0.4, 0.5) is 0 Å². The molecular formula is C19H23NO. The lowest BCUT2D eigenvalue weighted by molar-refractivity contribution is 0.308. The van der Waals surface area contributed by atoms with Gasteiger partial charge in [-0.3, -0.25) is 0 Å². The lowest BCUT2D eigenvalue weighted by Gasteiger charge is -2.27. The molecule has 2 N–H and O–H groups in total. The SMILES string of the molecule is N[C@@H](c1ccc(Oc2ccccc2)cc1)C1CCCCC1. The van der Waals surface area contributed by atoms with E-state index in [-0.39, 0.29) is 6.04 Å². The van der Waals surface area contributed by atoms with E-state index in [9.17, 15) is 0 Å². The first-order chi connectivity index (χ1) is 10.3. The van der Waals surface area contributed by atoms with Crippen LogP contribution in [0, 0.1) is 5.92 Å². The minimum Gasteiger partial charge on any atom is -0.457 e. The van der Waals surface area contributed by atoms with Gasteiger partial charge in [0.2, 0.25) is 0 Å². The van der Waals surface area contributed by atoms with Crippen LogP contribution in [0.25, 0.3) is 0 Å². The molecule has 21 heavy (non-hydrogen) atoms. The molecule has 0 aromatic heterocycles. The molecule has 2 aromatic carbocycles. The van der Waals surface area contributed by atoms with Crippen molar-refractivity contribution in [2.24, 2.45) is 11.7 Å². The summed E-state index contributed by atoms with van der Waals surface area (Å²) in [6, 6.07) is 18.3. The van der Waals surface area contributed by atoms with E-state index in [0.717, 1.165) is 11.5 Å². The van der Waals surface area contributed by atoms with Gasteiger partial charge in [0.15, 0.2) is 0 Å². The van der Waals surface area contributed by atoms with Gasteiger partial charge in [0.1, 0.15) is 11.5 Å². The summed E-state index contributed by atoms with van der Waals surface area (Å²) in [4.78, 5) is 0. The van der Waals surface area contributed by atoms with Crippen LogP contribution in [0.3, 0.4) is 0 Å². The van der Waals surface area contributed by atoms with Crippen molar-refractivity contribution < 1.29 is 4.74 Å². The number of hydrogen-bond acceptors (Lipinski definition) is 2. The second-order valence-corrected chi connectivity index (χ2v) is 5.91. The largest absolute Gasteiger partial charge is 0.457 e. The third-order valence-electron chi connectivity index (χ3n) is 4.40. The molecule has 1 fully saturated rings. The van der Waals surface area contributed by atoms with Crippen molar-refractivity contribution >= 4 is 0 Å². The van der Waals surface area contributed by atoms with Crippen molar-refractivity contribution in [2.75, 3.05) is 0 Å². The Bertz CT molecular complexity index is 544. The predicted molar refractivity (Wildman–Crippen MR) is 86.5 cm³/mol. The zero-order valence-corrected chi connectivity index (χ0v) is 12.4. The Labute approximate surface area is 126 Å². The second-order valence-electron chi connectivity index (χ2n) is 5.91. The third-order valence-corrected chi connectivity index (χ3v) is 4.40. The van der Waals surface area contributed by atoms with Crippen molar-refractivity contribution in [3.05, 3.63) is 60.2 Å². The maximum absolute atomic E-state index is 6.43. The average molecular weight is 281 g/mol.